The average Bonchev–Trinajstić information content (AvgIpc) is 2.75. The van der Waals surface area contributed by atoms with Gasteiger partial charge in [0.1, 0.15) is 5.75 Å². The van der Waals surface area contributed by atoms with Gasteiger partial charge in [-0.2, -0.15) is 9.41 Å². The number of piperidine rings is 1. The maximum absolute atomic E-state index is 12.8. The van der Waals surface area contributed by atoms with Crippen LogP contribution in [-0.4, -0.2) is 44.0 Å². The number of rotatable bonds is 7. The van der Waals surface area contributed by atoms with E-state index in [4.69, 9.17) is 4.74 Å². The summed E-state index contributed by atoms with van der Waals surface area (Å²) in [5, 5.41) is 4.00. The van der Waals surface area contributed by atoms with E-state index in [2.05, 4.69) is 10.5 Å². The van der Waals surface area contributed by atoms with Gasteiger partial charge in [-0.25, -0.2) is 13.8 Å². The molecule has 7 nitrogen and oxygen atoms in total. The SMILES string of the molecule is CC(C)Oc1ccccc1/C=N/NC(=O)c1cccc(S(=O)(=O)N2CCCCC2)c1. The molecule has 160 valence electrons. The van der Waals surface area contributed by atoms with E-state index >= 15 is 0 Å². The second-order valence-corrected chi connectivity index (χ2v) is 9.33. The van der Waals surface area contributed by atoms with Crippen molar-refractivity contribution in [2.24, 2.45) is 5.10 Å². The second-order valence-electron chi connectivity index (χ2n) is 7.40. The van der Waals surface area contributed by atoms with E-state index in [1.165, 1.54) is 22.7 Å². The van der Waals surface area contributed by atoms with Gasteiger partial charge in [-0.3, -0.25) is 4.79 Å². The first-order valence-corrected chi connectivity index (χ1v) is 11.5. The molecule has 0 atom stereocenters. The number of carbonyl (C=O) groups excluding carboxylic acids is 1. The summed E-state index contributed by atoms with van der Waals surface area (Å²) < 4.78 is 32.9. The minimum atomic E-state index is -3.60. The topological polar surface area (TPSA) is 88.1 Å². The molecule has 0 aromatic heterocycles. The molecule has 8 heteroatoms. The van der Waals surface area contributed by atoms with Gasteiger partial charge in [-0.15, -0.1) is 0 Å². The fourth-order valence-electron chi connectivity index (χ4n) is 3.23. The Morgan fingerprint density at radius 3 is 2.57 bits per heavy atom. The monoisotopic (exact) mass is 429 g/mol. The lowest BCUT2D eigenvalue weighted by Gasteiger charge is -2.25. The van der Waals surface area contributed by atoms with E-state index in [-0.39, 0.29) is 16.6 Å². The number of benzene rings is 2. The van der Waals surface area contributed by atoms with Crippen LogP contribution in [0.1, 0.15) is 49.0 Å². The molecular formula is C22H27N3O4S. The van der Waals surface area contributed by atoms with E-state index in [1.54, 1.807) is 12.1 Å². The van der Waals surface area contributed by atoms with Gasteiger partial charge in [0.25, 0.3) is 5.91 Å². The molecule has 0 radical (unpaired) electrons. The van der Waals surface area contributed by atoms with Gasteiger partial charge in [0.2, 0.25) is 10.0 Å². The highest BCUT2D eigenvalue weighted by Gasteiger charge is 2.26. The first kappa shape index (κ1) is 22.0. The maximum atomic E-state index is 12.8. The van der Waals surface area contributed by atoms with Gasteiger partial charge < -0.3 is 4.74 Å². The molecule has 1 aliphatic heterocycles. The highest BCUT2D eigenvalue weighted by atomic mass is 32.2. The van der Waals surface area contributed by atoms with Crippen LogP contribution in [-0.2, 0) is 10.0 Å². The van der Waals surface area contributed by atoms with Gasteiger partial charge >= 0.3 is 0 Å². The molecule has 1 heterocycles. The number of nitrogens with one attached hydrogen (secondary N) is 1. The Balaban J connectivity index is 1.71. The predicted molar refractivity (Wildman–Crippen MR) is 116 cm³/mol. The quantitative estimate of drug-likeness (QED) is 0.540. The predicted octanol–water partition coefficient (Wildman–Crippen LogP) is 3.41. The number of ether oxygens (including phenoxy) is 1. The molecule has 1 saturated heterocycles. The van der Waals surface area contributed by atoms with E-state index in [9.17, 15) is 13.2 Å². The van der Waals surface area contributed by atoms with Crippen LogP contribution in [0.2, 0.25) is 0 Å². The molecule has 1 amide bonds. The van der Waals surface area contributed by atoms with Crippen LogP contribution in [0.4, 0.5) is 0 Å². The van der Waals surface area contributed by atoms with Crippen molar-refractivity contribution in [3.63, 3.8) is 0 Å². The fraction of sp³-hybridized carbons (Fsp3) is 0.364. The molecule has 3 rings (SSSR count). The Kier molecular flexibility index (Phi) is 7.23. The Bertz CT molecular complexity index is 1010. The Hall–Kier alpha value is -2.71. The highest BCUT2D eigenvalue weighted by Crippen LogP contribution is 2.21. The second kappa shape index (κ2) is 9.86. The van der Waals surface area contributed by atoms with Crippen molar-refractivity contribution in [2.75, 3.05) is 13.1 Å². The van der Waals surface area contributed by atoms with E-state index in [0.717, 1.165) is 24.8 Å². The minimum Gasteiger partial charge on any atom is -0.490 e. The molecule has 1 fully saturated rings. The van der Waals surface area contributed by atoms with E-state index in [0.29, 0.717) is 18.8 Å². The molecule has 1 N–H and O–H groups in total. The van der Waals surface area contributed by atoms with E-state index in [1.807, 2.05) is 38.1 Å². The number of nitrogens with zero attached hydrogens (tertiary/aromatic N) is 2. The number of hydrogen-bond acceptors (Lipinski definition) is 5. The number of hydrazone groups is 1. The zero-order chi connectivity index (χ0) is 21.6. The zero-order valence-corrected chi connectivity index (χ0v) is 18.1. The van der Waals surface area contributed by atoms with Crippen molar-refractivity contribution in [2.45, 2.75) is 44.1 Å². The van der Waals surface area contributed by atoms with Crippen LogP contribution in [0.25, 0.3) is 0 Å². The van der Waals surface area contributed by atoms with Gasteiger partial charge in [0, 0.05) is 24.2 Å². The first-order chi connectivity index (χ1) is 14.4. The van der Waals surface area contributed by atoms with Gasteiger partial charge in [0.05, 0.1) is 17.2 Å². The van der Waals surface area contributed by atoms with Crippen LogP contribution in [0, 0.1) is 0 Å². The normalized spacial score (nSPS) is 15.4. The molecule has 0 aliphatic carbocycles. The third kappa shape index (κ3) is 5.46. The summed E-state index contributed by atoms with van der Waals surface area (Å²) in [5.74, 6) is 0.185. The third-order valence-corrected chi connectivity index (χ3v) is 6.60. The Morgan fingerprint density at radius 1 is 1.10 bits per heavy atom. The number of sulfonamides is 1. The molecule has 30 heavy (non-hydrogen) atoms. The summed E-state index contributed by atoms with van der Waals surface area (Å²) in [4.78, 5) is 12.6. The number of para-hydroxylation sites is 1. The molecular weight excluding hydrogens is 402 g/mol. The molecule has 0 saturated carbocycles. The largest absolute Gasteiger partial charge is 0.490 e. The van der Waals surface area contributed by atoms with Crippen molar-refractivity contribution in [1.82, 2.24) is 9.73 Å². The lowest BCUT2D eigenvalue weighted by Crippen LogP contribution is -2.35. The van der Waals surface area contributed by atoms with E-state index < -0.39 is 15.9 Å². The van der Waals surface area contributed by atoms with Crippen LogP contribution >= 0.6 is 0 Å². The standard InChI is InChI=1S/C22H27N3O4S/c1-17(2)29-21-12-5-4-9-19(21)16-23-24-22(26)18-10-8-11-20(15-18)30(27,28)25-13-6-3-7-14-25/h4-5,8-12,15-17H,3,6-7,13-14H2,1-2H3,(H,24,26)/b23-16+. The van der Waals surface area contributed by atoms with Gasteiger partial charge in [-0.05, 0) is 57.0 Å². The van der Waals surface area contributed by atoms with Crippen molar-refractivity contribution in [1.29, 1.82) is 0 Å². The number of amides is 1. The summed E-state index contributed by atoms with van der Waals surface area (Å²) in [6.45, 7) is 4.89. The van der Waals surface area contributed by atoms with Crippen molar-refractivity contribution < 1.29 is 17.9 Å². The smallest absolute Gasteiger partial charge is 0.271 e. The molecule has 2 aromatic rings. The summed E-state index contributed by atoms with van der Waals surface area (Å²) in [5.41, 5.74) is 3.42. The molecule has 0 unspecified atom stereocenters. The van der Waals surface area contributed by atoms with Crippen LogP contribution in [0.3, 0.4) is 0 Å². The zero-order valence-electron chi connectivity index (χ0n) is 17.2. The van der Waals surface area contributed by atoms with Crippen molar-refractivity contribution >= 4 is 22.1 Å². The molecule has 0 bridgehead atoms. The van der Waals surface area contributed by atoms with Crippen LogP contribution < -0.4 is 10.2 Å². The fourth-order valence-corrected chi connectivity index (χ4v) is 4.79. The highest BCUT2D eigenvalue weighted by molar-refractivity contribution is 7.89. The Morgan fingerprint density at radius 2 is 1.83 bits per heavy atom. The molecule has 0 spiro atoms. The summed E-state index contributed by atoms with van der Waals surface area (Å²) in [6, 6.07) is 13.4. The third-order valence-electron chi connectivity index (χ3n) is 4.70. The lowest BCUT2D eigenvalue weighted by molar-refractivity contribution is 0.0955. The van der Waals surface area contributed by atoms with Crippen molar-refractivity contribution in [3.8, 4) is 5.75 Å². The maximum Gasteiger partial charge on any atom is 0.271 e. The molecule has 2 aromatic carbocycles. The minimum absolute atomic E-state index is 0.0127. The Labute approximate surface area is 177 Å². The van der Waals surface area contributed by atoms with Crippen LogP contribution in [0.15, 0.2) is 58.5 Å². The summed E-state index contributed by atoms with van der Waals surface area (Å²) >= 11 is 0. The molecule has 1 aliphatic rings. The van der Waals surface area contributed by atoms with Gasteiger partial charge in [0.15, 0.2) is 0 Å². The summed E-state index contributed by atoms with van der Waals surface area (Å²) in [7, 11) is -3.60. The van der Waals surface area contributed by atoms with Gasteiger partial charge in [-0.1, -0.05) is 24.6 Å². The lowest BCUT2D eigenvalue weighted by atomic mass is 10.2. The first-order valence-electron chi connectivity index (χ1n) is 10.1. The summed E-state index contributed by atoms with van der Waals surface area (Å²) in [6.07, 6.45) is 4.27. The number of hydrogen-bond donors (Lipinski definition) is 1. The van der Waals surface area contributed by atoms with Crippen molar-refractivity contribution in [3.05, 3.63) is 59.7 Å². The number of carbonyl (C=O) groups is 1. The average molecular weight is 430 g/mol. The van der Waals surface area contributed by atoms with Crippen LogP contribution in [0.5, 0.6) is 5.75 Å².